The van der Waals surface area contributed by atoms with Crippen molar-refractivity contribution in [2.75, 3.05) is 0 Å². The third kappa shape index (κ3) is 2.35. The van der Waals surface area contributed by atoms with Gasteiger partial charge < -0.3 is 5.73 Å². The predicted octanol–water partition coefficient (Wildman–Crippen LogP) is 1.73. The van der Waals surface area contributed by atoms with E-state index in [0.717, 1.165) is 17.0 Å². The number of amidine groups is 1. The molecule has 0 aliphatic carbocycles. The lowest BCUT2D eigenvalue weighted by Crippen LogP contribution is -2.26. The Morgan fingerprint density at radius 1 is 1.05 bits per heavy atom. The van der Waals surface area contributed by atoms with Crippen LogP contribution < -0.4 is 5.73 Å². The second-order valence-corrected chi connectivity index (χ2v) is 4.34. The van der Waals surface area contributed by atoms with Crippen molar-refractivity contribution in [3.63, 3.8) is 0 Å². The lowest BCUT2D eigenvalue weighted by molar-refractivity contribution is 0.880. The van der Waals surface area contributed by atoms with Gasteiger partial charge in [0.1, 0.15) is 12.2 Å². The Balaban J connectivity index is 2.04. The third-order valence-electron chi connectivity index (χ3n) is 3.08. The first-order valence-corrected chi connectivity index (χ1v) is 6.06. The van der Waals surface area contributed by atoms with E-state index < -0.39 is 0 Å². The molecule has 3 rings (SSSR count). The van der Waals surface area contributed by atoms with Crippen molar-refractivity contribution in [1.29, 1.82) is 0 Å². The molecule has 2 aromatic rings. The zero-order chi connectivity index (χ0) is 13.1. The molecule has 1 aromatic heterocycles. The molecule has 1 aliphatic heterocycles. The van der Waals surface area contributed by atoms with Gasteiger partial charge in [0, 0.05) is 18.5 Å². The maximum atomic E-state index is 5.81. The molecular formula is C14H13N5. The number of benzene rings is 1. The van der Waals surface area contributed by atoms with Gasteiger partial charge in [-0.15, -0.1) is 5.10 Å². The summed E-state index contributed by atoms with van der Waals surface area (Å²) in [6.45, 7) is 0. The summed E-state index contributed by atoms with van der Waals surface area (Å²) in [7, 11) is 0. The highest BCUT2D eigenvalue weighted by atomic mass is 15.2. The highest BCUT2D eigenvalue weighted by molar-refractivity contribution is 6.07. The largest absolute Gasteiger partial charge is 0.386 e. The van der Waals surface area contributed by atoms with Crippen LogP contribution in [0.15, 0.2) is 59.1 Å². The molecule has 0 saturated heterocycles. The lowest BCUT2D eigenvalue weighted by Gasteiger charge is -2.21. The van der Waals surface area contributed by atoms with Gasteiger partial charge in [0.2, 0.25) is 0 Å². The van der Waals surface area contributed by atoms with Gasteiger partial charge in [0.25, 0.3) is 0 Å². The van der Waals surface area contributed by atoms with Crippen molar-refractivity contribution in [2.45, 2.75) is 12.3 Å². The summed E-state index contributed by atoms with van der Waals surface area (Å²) in [5.41, 5.74) is 8.61. The maximum Gasteiger partial charge on any atom is 0.123 e. The molecular weight excluding hydrogens is 238 g/mol. The fraction of sp³-hybridized carbons (Fsp3) is 0.143. The van der Waals surface area contributed by atoms with Crippen molar-refractivity contribution in [3.8, 4) is 0 Å². The van der Waals surface area contributed by atoms with Gasteiger partial charge in [0.05, 0.1) is 11.4 Å². The Morgan fingerprint density at radius 3 is 2.63 bits per heavy atom. The van der Waals surface area contributed by atoms with Crippen LogP contribution in [0.5, 0.6) is 0 Å². The monoisotopic (exact) mass is 251 g/mol. The second-order valence-electron chi connectivity index (χ2n) is 4.34. The highest BCUT2D eigenvalue weighted by Gasteiger charge is 2.25. The fourth-order valence-corrected chi connectivity index (χ4v) is 2.17. The Hall–Kier alpha value is -2.56. The normalized spacial score (nSPS) is 18.6. The molecule has 2 N–H and O–H groups in total. The summed E-state index contributed by atoms with van der Waals surface area (Å²) >= 11 is 0. The average molecular weight is 251 g/mol. The molecule has 1 unspecified atom stereocenters. The molecule has 19 heavy (non-hydrogen) atoms. The summed E-state index contributed by atoms with van der Waals surface area (Å²) in [4.78, 5) is 8.18. The molecule has 0 radical (unpaired) electrons. The van der Waals surface area contributed by atoms with Crippen LogP contribution in [0.1, 0.15) is 23.6 Å². The predicted molar refractivity (Wildman–Crippen MR) is 74.0 cm³/mol. The van der Waals surface area contributed by atoms with Crippen molar-refractivity contribution in [3.05, 3.63) is 60.2 Å². The topological polar surface area (TPSA) is 76.5 Å². The molecule has 0 amide bonds. The molecule has 0 spiro atoms. The van der Waals surface area contributed by atoms with Gasteiger partial charge >= 0.3 is 0 Å². The van der Waals surface area contributed by atoms with Crippen LogP contribution in [-0.2, 0) is 0 Å². The first-order valence-electron chi connectivity index (χ1n) is 6.06. The maximum absolute atomic E-state index is 5.81. The van der Waals surface area contributed by atoms with E-state index in [1.54, 1.807) is 6.20 Å². The summed E-state index contributed by atoms with van der Waals surface area (Å²) in [6, 6.07) is 12.0. The van der Waals surface area contributed by atoms with E-state index in [1.165, 1.54) is 6.33 Å². The summed E-state index contributed by atoms with van der Waals surface area (Å²) in [5.74, 6) is 0.639. The van der Waals surface area contributed by atoms with E-state index in [2.05, 4.69) is 32.3 Å². The first-order chi connectivity index (χ1) is 9.34. The number of nitrogens with two attached hydrogens (primary N) is 1. The van der Waals surface area contributed by atoms with Gasteiger partial charge in [-0.2, -0.15) is 5.10 Å². The number of hydrogen-bond donors (Lipinski definition) is 1. The molecule has 1 aromatic carbocycles. The van der Waals surface area contributed by atoms with Gasteiger partial charge in [0.15, 0.2) is 0 Å². The van der Waals surface area contributed by atoms with E-state index in [4.69, 9.17) is 5.73 Å². The smallest absolute Gasteiger partial charge is 0.123 e. The Bertz CT molecular complexity index is 619. The quantitative estimate of drug-likeness (QED) is 0.883. The van der Waals surface area contributed by atoms with Crippen LogP contribution in [0.4, 0.5) is 0 Å². The van der Waals surface area contributed by atoms with Crippen LogP contribution in [0.25, 0.3) is 0 Å². The highest BCUT2D eigenvalue weighted by Crippen LogP contribution is 2.26. The molecule has 94 valence electrons. The van der Waals surface area contributed by atoms with Crippen LogP contribution in [-0.4, -0.2) is 21.5 Å². The molecule has 0 fully saturated rings. The van der Waals surface area contributed by atoms with E-state index in [1.807, 2.05) is 24.3 Å². The zero-order valence-electron chi connectivity index (χ0n) is 10.3. The second kappa shape index (κ2) is 4.97. The SMILES string of the molecule is NC1=NN=C(c2ccncn2)C(c2ccccc2)C1. The van der Waals surface area contributed by atoms with E-state index in [0.29, 0.717) is 12.3 Å². The summed E-state index contributed by atoms with van der Waals surface area (Å²) in [5, 5.41) is 8.21. The van der Waals surface area contributed by atoms with Crippen LogP contribution >= 0.6 is 0 Å². The Labute approximate surface area is 110 Å². The summed E-state index contributed by atoms with van der Waals surface area (Å²) in [6.07, 6.45) is 3.88. The van der Waals surface area contributed by atoms with Crippen molar-refractivity contribution in [1.82, 2.24) is 9.97 Å². The molecule has 0 bridgehead atoms. The van der Waals surface area contributed by atoms with Crippen molar-refractivity contribution < 1.29 is 0 Å². The molecule has 2 heterocycles. The molecule has 5 heteroatoms. The minimum Gasteiger partial charge on any atom is -0.386 e. The lowest BCUT2D eigenvalue weighted by atomic mass is 9.88. The minimum atomic E-state index is 0.0913. The Morgan fingerprint density at radius 2 is 1.89 bits per heavy atom. The molecule has 0 saturated carbocycles. The molecule has 1 atom stereocenters. The zero-order valence-corrected chi connectivity index (χ0v) is 10.3. The van der Waals surface area contributed by atoms with Gasteiger partial charge in [-0.25, -0.2) is 9.97 Å². The number of nitrogens with zero attached hydrogens (tertiary/aromatic N) is 4. The molecule has 5 nitrogen and oxygen atoms in total. The van der Waals surface area contributed by atoms with E-state index >= 15 is 0 Å². The Kier molecular flexibility index (Phi) is 3.02. The van der Waals surface area contributed by atoms with Gasteiger partial charge in [-0.1, -0.05) is 30.3 Å². The fourth-order valence-electron chi connectivity index (χ4n) is 2.17. The van der Waals surface area contributed by atoms with Crippen LogP contribution in [0.2, 0.25) is 0 Å². The number of rotatable bonds is 2. The number of aromatic nitrogens is 2. The van der Waals surface area contributed by atoms with Gasteiger partial charge in [-0.05, 0) is 11.6 Å². The van der Waals surface area contributed by atoms with Crippen molar-refractivity contribution >= 4 is 11.5 Å². The summed E-state index contributed by atoms with van der Waals surface area (Å²) < 4.78 is 0. The molecule has 1 aliphatic rings. The van der Waals surface area contributed by atoms with E-state index in [-0.39, 0.29) is 5.92 Å². The van der Waals surface area contributed by atoms with Crippen LogP contribution in [0, 0.1) is 0 Å². The van der Waals surface area contributed by atoms with E-state index in [9.17, 15) is 0 Å². The standard InChI is InChI=1S/C14H13N5/c15-13-8-11(10-4-2-1-3-5-10)14(19-18-13)12-6-7-16-9-17-12/h1-7,9,11H,8H2,(H2,15,18). The van der Waals surface area contributed by atoms with Gasteiger partial charge in [-0.3, -0.25) is 0 Å². The number of hydrogen-bond acceptors (Lipinski definition) is 5. The van der Waals surface area contributed by atoms with Crippen LogP contribution in [0.3, 0.4) is 0 Å². The average Bonchev–Trinajstić information content (AvgIpc) is 2.49. The minimum absolute atomic E-state index is 0.0913. The third-order valence-corrected chi connectivity index (χ3v) is 3.08. The van der Waals surface area contributed by atoms with Crippen molar-refractivity contribution in [2.24, 2.45) is 15.9 Å². The first kappa shape index (κ1) is 11.5.